The normalized spacial score (nSPS) is 18.9. The van der Waals surface area contributed by atoms with E-state index < -0.39 is 76.5 Å². The lowest BCUT2D eigenvalue weighted by Crippen LogP contribution is -2.86. The van der Waals surface area contributed by atoms with E-state index in [9.17, 15) is 34.5 Å². The van der Waals surface area contributed by atoms with Crippen LogP contribution in [0.2, 0.25) is 0 Å². The second-order valence-corrected chi connectivity index (χ2v) is 7.24. The van der Waals surface area contributed by atoms with E-state index in [0.717, 1.165) is 27.9 Å². The van der Waals surface area contributed by atoms with Crippen LogP contribution in [0.25, 0.3) is 0 Å². The number of quaternary nitrogens is 2. The maximum Gasteiger partial charge on any atom is 0.428 e. The molecule has 4 atom stereocenters. The van der Waals surface area contributed by atoms with Gasteiger partial charge >= 0.3 is 29.4 Å². The summed E-state index contributed by atoms with van der Waals surface area (Å²) in [5, 5.41) is 58.3. The van der Waals surface area contributed by atoms with Crippen molar-refractivity contribution in [1.29, 1.82) is 10.5 Å². The van der Waals surface area contributed by atoms with E-state index in [4.69, 9.17) is 15.6 Å². The maximum atomic E-state index is 12.9. The van der Waals surface area contributed by atoms with Crippen molar-refractivity contribution in [1.82, 2.24) is 0 Å². The third-order valence-corrected chi connectivity index (χ3v) is 5.79. The minimum absolute atomic E-state index is 0.331. The average molecular weight is 428 g/mol. The Labute approximate surface area is 173 Å². The number of hydrogen-bond donors (Lipinski definition) is 4. The predicted molar refractivity (Wildman–Crippen MR) is 98.1 cm³/mol. The Morgan fingerprint density at radius 2 is 1.27 bits per heavy atom. The fraction of sp³-hybridized carbons (Fsp3) is 0.667. The van der Waals surface area contributed by atoms with Crippen LogP contribution in [0.3, 0.4) is 0 Å². The van der Waals surface area contributed by atoms with Gasteiger partial charge in [0, 0.05) is 20.3 Å². The van der Waals surface area contributed by atoms with Gasteiger partial charge < -0.3 is 20.4 Å². The summed E-state index contributed by atoms with van der Waals surface area (Å²) >= 11 is 0. The van der Waals surface area contributed by atoms with E-state index in [2.05, 4.69) is 0 Å². The Morgan fingerprint density at radius 1 is 0.900 bits per heavy atom. The molecule has 0 heterocycles. The number of nitrogens with zero attached hydrogens (tertiary/aromatic N) is 4. The first-order chi connectivity index (χ1) is 13.7. The Kier molecular flexibility index (Phi) is 9.24. The molecule has 0 fully saturated rings. The molecule has 0 saturated carbocycles. The SMILES string of the molecule is CC(O)[N+](C)(C(=O)CC#N)C(CCCC(=O)O)(C(=O)O)[N+](C)(C(=O)CC#N)C(C)O. The van der Waals surface area contributed by atoms with Gasteiger partial charge in [-0.3, -0.25) is 4.79 Å². The topological polar surface area (TPSA) is 197 Å². The highest BCUT2D eigenvalue weighted by Crippen LogP contribution is 2.42. The lowest BCUT2D eigenvalue weighted by molar-refractivity contribution is -1.11. The average Bonchev–Trinajstić information content (AvgIpc) is 2.63. The smallest absolute Gasteiger partial charge is 0.428 e. The number of nitriles is 2. The number of hydrogen-bond acceptors (Lipinski definition) is 8. The highest BCUT2D eigenvalue weighted by Gasteiger charge is 2.75. The summed E-state index contributed by atoms with van der Waals surface area (Å²) in [4.78, 5) is 49.7. The van der Waals surface area contributed by atoms with Gasteiger partial charge in [0.1, 0.15) is 0 Å². The van der Waals surface area contributed by atoms with Crippen molar-refractivity contribution in [3.8, 4) is 12.1 Å². The molecule has 4 N–H and O–H groups in total. The van der Waals surface area contributed by atoms with Crippen molar-refractivity contribution in [2.75, 3.05) is 14.1 Å². The molecule has 0 aromatic rings. The van der Waals surface area contributed by atoms with Crippen LogP contribution in [0, 0.1) is 22.7 Å². The largest absolute Gasteiger partial charge is 0.481 e. The number of carboxylic acid groups (broad SMARTS) is 2. The molecular formula is C18H28N4O8+2. The summed E-state index contributed by atoms with van der Waals surface area (Å²) < 4.78 is -2.79. The second-order valence-electron chi connectivity index (χ2n) is 7.24. The van der Waals surface area contributed by atoms with Gasteiger partial charge in [-0.2, -0.15) is 19.5 Å². The number of aliphatic hydroxyl groups excluding tert-OH is 2. The van der Waals surface area contributed by atoms with Crippen molar-refractivity contribution < 1.29 is 48.6 Å². The van der Waals surface area contributed by atoms with Gasteiger partial charge in [-0.15, -0.1) is 0 Å². The second kappa shape index (κ2) is 10.2. The fourth-order valence-corrected chi connectivity index (χ4v) is 3.80. The molecule has 0 bridgehead atoms. The quantitative estimate of drug-likeness (QED) is 0.245. The predicted octanol–water partition coefficient (Wildman–Crippen LogP) is -0.527. The maximum absolute atomic E-state index is 12.9. The number of carboxylic acids is 2. The first-order valence-electron chi connectivity index (χ1n) is 9.06. The van der Waals surface area contributed by atoms with Crippen molar-refractivity contribution >= 4 is 23.8 Å². The Morgan fingerprint density at radius 3 is 1.50 bits per heavy atom. The van der Waals surface area contributed by atoms with Crippen LogP contribution < -0.4 is 0 Å². The standard InChI is InChI=1S/C18H26N4O8/c1-12(23)21(3,14(25)7-10-19)18(17(29)30,9-5-6-16(27)28)22(4,13(2)24)15(26)8-11-20/h12-13,23-24H,5-9H2,1-4H3/p+2. The van der Waals surface area contributed by atoms with Gasteiger partial charge in [-0.25, -0.2) is 14.4 Å². The highest BCUT2D eigenvalue weighted by molar-refractivity contribution is 5.84. The molecule has 0 saturated heterocycles. The molecule has 166 valence electrons. The van der Waals surface area contributed by atoms with Crippen molar-refractivity contribution in [2.45, 2.75) is 64.1 Å². The molecule has 0 aromatic carbocycles. The molecule has 0 aliphatic rings. The van der Waals surface area contributed by atoms with Gasteiger partial charge in [0.2, 0.25) is 0 Å². The molecule has 12 nitrogen and oxygen atoms in total. The number of likely N-dealkylation sites (N-methyl/N-ethyl adjacent to an activating group) is 2. The van der Waals surface area contributed by atoms with Crippen LogP contribution in [-0.2, 0) is 19.2 Å². The van der Waals surface area contributed by atoms with Crippen LogP contribution in [0.15, 0.2) is 0 Å². The Hall–Kier alpha value is -2.90. The van der Waals surface area contributed by atoms with Crippen LogP contribution in [0.5, 0.6) is 0 Å². The van der Waals surface area contributed by atoms with Gasteiger partial charge in [-0.1, -0.05) is 0 Å². The molecule has 0 aliphatic heterocycles. The molecule has 12 heteroatoms. The molecule has 0 aliphatic carbocycles. The molecular weight excluding hydrogens is 400 g/mol. The zero-order valence-electron chi connectivity index (χ0n) is 17.4. The summed E-state index contributed by atoms with van der Waals surface area (Å²) in [6, 6.07) is 3.16. The lowest BCUT2D eigenvalue weighted by Gasteiger charge is -2.54. The minimum Gasteiger partial charge on any atom is -0.481 e. The van der Waals surface area contributed by atoms with Gasteiger partial charge in [0.15, 0.2) is 25.3 Å². The van der Waals surface area contributed by atoms with E-state index in [0.29, 0.717) is 0 Å². The zero-order valence-corrected chi connectivity index (χ0v) is 17.4. The minimum atomic E-state index is -2.64. The summed E-state index contributed by atoms with van der Waals surface area (Å²) in [6.07, 6.45) is -6.65. The molecule has 30 heavy (non-hydrogen) atoms. The van der Waals surface area contributed by atoms with E-state index in [1.165, 1.54) is 0 Å². The van der Waals surface area contributed by atoms with Crippen LogP contribution in [0.1, 0.15) is 46.0 Å². The number of rotatable bonds is 11. The van der Waals surface area contributed by atoms with Crippen molar-refractivity contribution in [2.24, 2.45) is 0 Å². The number of aliphatic carboxylic acids is 2. The number of aliphatic hydroxyl groups is 2. The van der Waals surface area contributed by atoms with E-state index in [-0.39, 0.29) is 6.42 Å². The summed E-state index contributed by atoms with van der Waals surface area (Å²) in [5.41, 5.74) is -2.64. The van der Waals surface area contributed by atoms with E-state index >= 15 is 0 Å². The number of carbonyl (C=O) groups is 4. The van der Waals surface area contributed by atoms with Gasteiger partial charge in [0.25, 0.3) is 0 Å². The van der Waals surface area contributed by atoms with Crippen LogP contribution in [0.4, 0.5) is 0 Å². The summed E-state index contributed by atoms with van der Waals surface area (Å²) in [6.45, 7) is 2.18. The van der Waals surface area contributed by atoms with Gasteiger partial charge in [-0.05, 0) is 6.42 Å². The molecule has 2 amide bonds. The summed E-state index contributed by atoms with van der Waals surface area (Å²) in [5.74, 6) is -5.16. The molecule has 0 rings (SSSR count). The molecule has 0 aromatic heterocycles. The Bertz CT molecular complexity index is 736. The van der Waals surface area contributed by atoms with E-state index in [1.807, 2.05) is 0 Å². The van der Waals surface area contributed by atoms with Crippen LogP contribution >= 0.6 is 0 Å². The van der Waals surface area contributed by atoms with Gasteiger partial charge in [0.05, 0.1) is 32.7 Å². The first kappa shape index (κ1) is 27.1. The van der Waals surface area contributed by atoms with Crippen molar-refractivity contribution in [3.63, 3.8) is 0 Å². The molecule has 4 unspecified atom stereocenters. The molecule has 0 spiro atoms. The first-order valence-corrected chi connectivity index (χ1v) is 9.06. The number of carbonyl (C=O) groups excluding carboxylic acids is 2. The van der Waals surface area contributed by atoms with Crippen LogP contribution in [-0.4, -0.2) is 85.4 Å². The Balaban J connectivity index is 7.37. The zero-order chi connectivity index (χ0) is 23.9. The third-order valence-electron chi connectivity index (χ3n) is 5.79. The third kappa shape index (κ3) is 4.32. The number of amides is 2. The van der Waals surface area contributed by atoms with E-state index in [1.54, 1.807) is 12.1 Å². The monoisotopic (exact) mass is 428 g/mol. The fourth-order valence-electron chi connectivity index (χ4n) is 3.80. The molecule has 0 radical (unpaired) electrons. The highest BCUT2D eigenvalue weighted by atomic mass is 16.4. The van der Waals surface area contributed by atoms with Crippen molar-refractivity contribution in [3.05, 3.63) is 0 Å². The summed E-state index contributed by atoms with van der Waals surface area (Å²) in [7, 11) is 2.02. The lowest BCUT2D eigenvalue weighted by atomic mass is 9.90.